The normalized spacial score (nSPS) is 16.1. The number of amides is 1. The molecule has 0 spiro atoms. The summed E-state index contributed by atoms with van der Waals surface area (Å²) in [6.45, 7) is 3.65. The van der Waals surface area contributed by atoms with Gasteiger partial charge < -0.3 is 10.1 Å². The van der Waals surface area contributed by atoms with Crippen molar-refractivity contribution in [1.29, 1.82) is 0 Å². The molecule has 138 valence electrons. The average Bonchev–Trinajstić information content (AvgIpc) is 2.75. The minimum Gasteiger partial charge on any atom is -0.379 e. The van der Waals surface area contributed by atoms with Gasteiger partial charge in [-0.15, -0.1) is 0 Å². The second-order valence-electron chi connectivity index (χ2n) is 6.53. The van der Waals surface area contributed by atoms with Crippen LogP contribution in [0.1, 0.15) is 22.1 Å². The van der Waals surface area contributed by atoms with Gasteiger partial charge in [-0.05, 0) is 17.7 Å². The van der Waals surface area contributed by atoms with Crippen LogP contribution in [0.4, 0.5) is 0 Å². The summed E-state index contributed by atoms with van der Waals surface area (Å²) in [4.78, 5) is 23.8. The third kappa shape index (κ3) is 4.13. The van der Waals surface area contributed by atoms with Crippen LogP contribution in [0, 0.1) is 0 Å². The predicted octanol–water partition coefficient (Wildman–Crippen LogP) is 2.43. The summed E-state index contributed by atoms with van der Waals surface area (Å²) in [5, 5.41) is 3.04. The summed E-state index contributed by atoms with van der Waals surface area (Å²) in [5.41, 5.74) is 3.02. The number of aromatic nitrogens is 2. The van der Waals surface area contributed by atoms with Crippen molar-refractivity contribution in [3.05, 3.63) is 72.1 Å². The van der Waals surface area contributed by atoms with E-state index in [4.69, 9.17) is 4.74 Å². The molecule has 1 saturated heterocycles. The van der Waals surface area contributed by atoms with E-state index >= 15 is 0 Å². The van der Waals surface area contributed by atoms with E-state index in [1.54, 1.807) is 0 Å². The fourth-order valence-electron chi connectivity index (χ4n) is 3.37. The highest BCUT2D eigenvalue weighted by molar-refractivity contribution is 5.93. The molecule has 0 radical (unpaired) electrons. The van der Waals surface area contributed by atoms with Crippen molar-refractivity contribution >= 4 is 16.9 Å². The van der Waals surface area contributed by atoms with Crippen LogP contribution in [0.5, 0.6) is 0 Å². The summed E-state index contributed by atoms with van der Waals surface area (Å²) < 4.78 is 5.47. The van der Waals surface area contributed by atoms with E-state index in [2.05, 4.69) is 32.3 Å². The lowest BCUT2D eigenvalue weighted by atomic mass is 10.0. The van der Waals surface area contributed by atoms with E-state index in [9.17, 15) is 4.79 Å². The molecule has 1 aromatic heterocycles. The third-order valence-corrected chi connectivity index (χ3v) is 4.81. The Labute approximate surface area is 158 Å². The average molecular weight is 362 g/mol. The third-order valence-electron chi connectivity index (χ3n) is 4.81. The molecule has 1 aliphatic heterocycles. The molecule has 1 amide bonds. The monoisotopic (exact) mass is 362 g/mol. The smallest absolute Gasteiger partial charge is 0.271 e. The molecule has 4 rings (SSSR count). The topological polar surface area (TPSA) is 67.4 Å². The van der Waals surface area contributed by atoms with Gasteiger partial charge >= 0.3 is 0 Å². The summed E-state index contributed by atoms with van der Waals surface area (Å²) in [7, 11) is 0. The molecule has 1 aliphatic rings. The maximum absolute atomic E-state index is 12.7. The molecule has 2 aromatic carbocycles. The first-order chi connectivity index (χ1) is 13.3. The quantitative estimate of drug-likeness (QED) is 0.755. The largest absolute Gasteiger partial charge is 0.379 e. The lowest BCUT2D eigenvalue weighted by Gasteiger charge is -2.34. The van der Waals surface area contributed by atoms with Crippen LogP contribution >= 0.6 is 0 Å². The van der Waals surface area contributed by atoms with Crippen molar-refractivity contribution < 1.29 is 9.53 Å². The number of ether oxygens (including phenoxy) is 1. The molecule has 6 heteroatoms. The molecule has 2 heterocycles. The fourth-order valence-corrected chi connectivity index (χ4v) is 3.37. The van der Waals surface area contributed by atoms with Gasteiger partial charge in [0, 0.05) is 19.6 Å². The molecule has 1 unspecified atom stereocenters. The maximum atomic E-state index is 12.7. The Morgan fingerprint density at radius 2 is 1.74 bits per heavy atom. The second-order valence-corrected chi connectivity index (χ2v) is 6.53. The zero-order chi connectivity index (χ0) is 18.5. The molecule has 0 saturated carbocycles. The van der Waals surface area contributed by atoms with Gasteiger partial charge in [-0.3, -0.25) is 14.7 Å². The number of benzene rings is 2. The van der Waals surface area contributed by atoms with Gasteiger partial charge in [0.15, 0.2) is 0 Å². The van der Waals surface area contributed by atoms with Crippen LogP contribution in [0.25, 0.3) is 11.0 Å². The van der Waals surface area contributed by atoms with Crippen molar-refractivity contribution in [2.24, 2.45) is 0 Å². The van der Waals surface area contributed by atoms with Gasteiger partial charge in [-0.25, -0.2) is 4.98 Å². The Morgan fingerprint density at radius 1 is 1.04 bits per heavy atom. The first kappa shape index (κ1) is 17.6. The number of rotatable bonds is 5. The van der Waals surface area contributed by atoms with Crippen molar-refractivity contribution in [3.8, 4) is 0 Å². The van der Waals surface area contributed by atoms with Crippen LogP contribution < -0.4 is 5.32 Å². The molecule has 6 nitrogen and oxygen atoms in total. The molecule has 27 heavy (non-hydrogen) atoms. The summed E-state index contributed by atoms with van der Waals surface area (Å²) in [5.74, 6) is -0.206. The van der Waals surface area contributed by atoms with E-state index in [1.165, 1.54) is 11.8 Å². The number of morpholine rings is 1. The predicted molar refractivity (Wildman–Crippen MR) is 103 cm³/mol. The van der Waals surface area contributed by atoms with Gasteiger partial charge in [0.2, 0.25) is 0 Å². The number of hydrogen-bond donors (Lipinski definition) is 1. The maximum Gasteiger partial charge on any atom is 0.271 e. The van der Waals surface area contributed by atoms with Crippen molar-refractivity contribution in [3.63, 3.8) is 0 Å². The molecule has 0 bridgehead atoms. The van der Waals surface area contributed by atoms with E-state index in [1.807, 2.05) is 42.5 Å². The standard InChI is InChI=1S/C21H22N4O2/c26-21(19-14-22-17-8-4-5-9-18(17)24-19)23-15-20(16-6-2-1-3-7-16)25-10-12-27-13-11-25/h1-9,14,20H,10-13,15H2,(H,23,26). The number of nitrogens with zero attached hydrogens (tertiary/aromatic N) is 3. The number of nitrogens with one attached hydrogen (secondary N) is 1. The molecule has 1 N–H and O–H groups in total. The first-order valence-corrected chi connectivity index (χ1v) is 9.18. The van der Waals surface area contributed by atoms with E-state index in [-0.39, 0.29) is 11.9 Å². The summed E-state index contributed by atoms with van der Waals surface area (Å²) in [6, 6.07) is 17.9. The molecule has 3 aromatic rings. The number of carbonyl (C=O) groups excluding carboxylic acids is 1. The number of carbonyl (C=O) groups is 1. The van der Waals surface area contributed by atoms with Gasteiger partial charge in [-0.2, -0.15) is 0 Å². The lowest BCUT2D eigenvalue weighted by Crippen LogP contribution is -2.43. The minimum absolute atomic E-state index is 0.104. The summed E-state index contributed by atoms with van der Waals surface area (Å²) >= 11 is 0. The van der Waals surface area contributed by atoms with Gasteiger partial charge in [0.25, 0.3) is 5.91 Å². The Morgan fingerprint density at radius 3 is 2.52 bits per heavy atom. The van der Waals surface area contributed by atoms with E-state index < -0.39 is 0 Å². The van der Waals surface area contributed by atoms with Crippen LogP contribution in [0.3, 0.4) is 0 Å². The van der Waals surface area contributed by atoms with Gasteiger partial charge in [0.1, 0.15) is 5.69 Å². The highest BCUT2D eigenvalue weighted by atomic mass is 16.5. The zero-order valence-electron chi connectivity index (χ0n) is 15.0. The van der Waals surface area contributed by atoms with Crippen molar-refractivity contribution in [1.82, 2.24) is 20.2 Å². The highest BCUT2D eigenvalue weighted by Gasteiger charge is 2.23. The van der Waals surface area contributed by atoms with Crippen molar-refractivity contribution in [2.45, 2.75) is 6.04 Å². The molecule has 1 atom stereocenters. The van der Waals surface area contributed by atoms with Gasteiger partial charge in [0.05, 0.1) is 36.5 Å². The van der Waals surface area contributed by atoms with E-state index in [0.29, 0.717) is 25.5 Å². The Balaban J connectivity index is 1.49. The molecular formula is C21H22N4O2. The number of fused-ring (bicyclic) bond motifs is 1. The Hall–Kier alpha value is -2.83. The second kappa shape index (κ2) is 8.24. The van der Waals surface area contributed by atoms with Crippen molar-refractivity contribution in [2.75, 3.05) is 32.8 Å². The number of para-hydroxylation sites is 2. The van der Waals surface area contributed by atoms with Crippen LogP contribution in [-0.4, -0.2) is 53.6 Å². The minimum atomic E-state index is -0.206. The lowest BCUT2D eigenvalue weighted by molar-refractivity contribution is 0.0162. The Bertz CT molecular complexity index is 910. The Kier molecular flexibility index (Phi) is 5.37. The molecule has 1 fully saturated rings. The van der Waals surface area contributed by atoms with E-state index in [0.717, 1.165) is 24.1 Å². The first-order valence-electron chi connectivity index (χ1n) is 9.18. The fraction of sp³-hybridized carbons (Fsp3) is 0.286. The molecular weight excluding hydrogens is 340 g/mol. The molecule has 0 aliphatic carbocycles. The zero-order valence-corrected chi connectivity index (χ0v) is 15.0. The van der Waals surface area contributed by atoms with Crippen LogP contribution in [-0.2, 0) is 4.74 Å². The van der Waals surface area contributed by atoms with Crippen LogP contribution in [0.2, 0.25) is 0 Å². The number of hydrogen-bond acceptors (Lipinski definition) is 5. The van der Waals surface area contributed by atoms with Crippen LogP contribution in [0.15, 0.2) is 60.8 Å². The highest BCUT2D eigenvalue weighted by Crippen LogP contribution is 2.21. The van der Waals surface area contributed by atoms with Gasteiger partial charge in [-0.1, -0.05) is 42.5 Å². The summed E-state index contributed by atoms with van der Waals surface area (Å²) in [6.07, 6.45) is 1.53. The SMILES string of the molecule is O=C(NCC(c1ccccc1)N1CCOCC1)c1cnc2ccccc2n1.